The summed E-state index contributed by atoms with van der Waals surface area (Å²) in [6, 6.07) is 0. The van der Waals surface area contributed by atoms with E-state index in [1.54, 1.807) is 17.1 Å². The van der Waals surface area contributed by atoms with Crippen LogP contribution in [0.5, 0.6) is 0 Å². The van der Waals surface area contributed by atoms with Gasteiger partial charge in [0.15, 0.2) is 6.29 Å². The van der Waals surface area contributed by atoms with Crippen molar-refractivity contribution >= 4 is 6.29 Å². The second-order valence-corrected chi connectivity index (χ2v) is 3.92. The van der Waals surface area contributed by atoms with E-state index in [2.05, 4.69) is 18.8 Å². The standard InChI is InChI=1S/C11H18N2O2/c1-10(2)3-5-15-6-4-13-9-12-7-11(13)8-14/h7-10H,3-6H2,1-2H3. The van der Waals surface area contributed by atoms with E-state index in [0.29, 0.717) is 24.8 Å². The summed E-state index contributed by atoms with van der Waals surface area (Å²) in [5, 5.41) is 0. The fourth-order valence-corrected chi connectivity index (χ4v) is 1.20. The van der Waals surface area contributed by atoms with Crippen molar-refractivity contribution in [3.63, 3.8) is 0 Å². The zero-order chi connectivity index (χ0) is 11.1. The van der Waals surface area contributed by atoms with Crippen LogP contribution in [0.1, 0.15) is 30.8 Å². The Morgan fingerprint density at radius 2 is 2.33 bits per heavy atom. The molecular formula is C11H18N2O2. The highest BCUT2D eigenvalue weighted by Gasteiger charge is 1.99. The lowest BCUT2D eigenvalue weighted by atomic mass is 10.1. The minimum atomic E-state index is 0.599. The van der Waals surface area contributed by atoms with Crippen LogP contribution in [0.4, 0.5) is 0 Å². The molecule has 4 nitrogen and oxygen atoms in total. The molecule has 0 spiro atoms. The van der Waals surface area contributed by atoms with Gasteiger partial charge in [-0.05, 0) is 12.3 Å². The summed E-state index contributed by atoms with van der Waals surface area (Å²) in [6.45, 7) is 6.44. The van der Waals surface area contributed by atoms with Crippen molar-refractivity contribution in [1.82, 2.24) is 9.55 Å². The molecule has 0 aromatic carbocycles. The molecule has 1 heterocycles. The maximum Gasteiger partial charge on any atom is 0.168 e. The molecule has 0 fully saturated rings. The average Bonchev–Trinajstić information content (AvgIpc) is 2.64. The Balaban J connectivity index is 2.17. The number of carbonyl (C=O) groups excluding carboxylic acids is 1. The van der Waals surface area contributed by atoms with Crippen LogP contribution in [0.2, 0.25) is 0 Å². The number of imidazole rings is 1. The van der Waals surface area contributed by atoms with E-state index < -0.39 is 0 Å². The number of hydrogen-bond donors (Lipinski definition) is 0. The van der Waals surface area contributed by atoms with Gasteiger partial charge in [-0.15, -0.1) is 0 Å². The van der Waals surface area contributed by atoms with Crippen molar-refractivity contribution in [2.24, 2.45) is 5.92 Å². The quantitative estimate of drug-likeness (QED) is 0.509. The lowest BCUT2D eigenvalue weighted by Crippen LogP contribution is -2.09. The maximum atomic E-state index is 10.6. The summed E-state index contributed by atoms with van der Waals surface area (Å²) in [4.78, 5) is 14.5. The molecule has 15 heavy (non-hydrogen) atoms. The van der Waals surface area contributed by atoms with Crippen LogP contribution in [0, 0.1) is 5.92 Å². The molecule has 4 heteroatoms. The van der Waals surface area contributed by atoms with Crippen LogP contribution in [0.3, 0.4) is 0 Å². The molecule has 0 saturated heterocycles. The van der Waals surface area contributed by atoms with Crippen LogP contribution < -0.4 is 0 Å². The number of nitrogens with zero attached hydrogens (tertiary/aromatic N) is 2. The first kappa shape index (κ1) is 11.9. The molecule has 0 bridgehead atoms. The fraction of sp³-hybridized carbons (Fsp3) is 0.636. The Labute approximate surface area is 90.3 Å². The number of rotatable bonds is 7. The van der Waals surface area contributed by atoms with Gasteiger partial charge in [-0.25, -0.2) is 4.98 Å². The minimum Gasteiger partial charge on any atom is -0.380 e. The molecule has 0 N–H and O–H groups in total. The van der Waals surface area contributed by atoms with Crippen LogP contribution >= 0.6 is 0 Å². The highest BCUT2D eigenvalue weighted by atomic mass is 16.5. The van der Waals surface area contributed by atoms with Gasteiger partial charge >= 0.3 is 0 Å². The fourth-order valence-electron chi connectivity index (χ4n) is 1.20. The van der Waals surface area contributed by atoms with Crippen LogP contribution in [-0.4, -0.2) is 29.1 Å². The van der Waals surface area contributed by atoms with Gasteiger partial charge in [-0.2, -0.15) is 0 Å². The van der Waals surface area contributed by atoms with Gasteiger partial charge in [0.2, 0.25) is 0 Å². The molecule has 0 saturated carbocycles. The monoisotopic (exact) mass is 210 g/mol. The number of hydrogen-bond acceptors (Lipinski definition) is 3. The third-order valence-corrected chi connectivity index (χ3v) is 2.18. The molecule has 1 aromatic heterocycles. The van der Waals surface area contributed by atoms with Gasteiger partial charge in [0.25, 0.3) is 0 Å². The molecule has 0 unspecified atom stereocenters. The highest BCUT2D eigenvalue weighted by molar-refractivity contribution is 5.71. The smallest absolute Gasteiger partial charge is 0.168 e. The predicted octanol–water partition coefficient (Wildman–Crippen LogP) is 1.76. The summed E-state index contributed by atoms with van der Waals surface area (Å²) in [7, 11) is 0. The number of aromatic nitrogens is 2. The van der Waals surface area contributed by atoms with Gasteiger partial charge in [0.1, 0.15) is 5.69 Å². The largest absolute Gasteiger partial charge is 0.380 e. The summed E-state index contributed by atoms with van der Waals surface area (Å²) in [5.41, 5.74) is 0.599. The third-order valence-electron chi connectivity index (χ3n) is 2.18. The molecule has 0 radical (unpaired) electrons. The van der Waals surface area contributed by atoms with E-state index in [4.69, 9.17) is 4.74 Å². The van der Waals surface area contributed by atoms with E-state index in [0.717, 1.165) is 19.3 Å². The molecule has 0 aliphatic rings. The van der Waals surface area contributed by atoms with E-state index in [1.165, 1.54) is 0 Å². The van der Waals surface area contributed by atoms with Gasteiger partial charge in [0.05, 0.1) is 19.1 Å². The predicted molar refractivity (Wildman–Crippen MR) is 57.9 cm³/mol. The van der Waals surface area contributed by atoms with E-state index in [9.17, 15) is 4.79 Å². The van der Waals surface area contributed by atoms with Crippen molar-refractivity contribution in [3.8, 4) is 0 Å². The first-order valence-electron chi connectivity index (χ1n) is 5.27. The Hall–Kier alpha value is -1.16. The van der Waals surface area contributed by atoms with Crippen LogP contribution in [-0.2, 0) is 11.3 Å². The van der Waals surface area contributed by atoms with Gasteiger partial charge < -0.3 is 9.30 Å². The van der Waals surface area contributed by atoms with Crippen molar-refractivity contribution in [3.05, 3.63) is 18.2 Å². The Bertz CT molecular complexity index is 295. The first-order valence-corrected chi connectivity index (χ1v) is 5.27. The SMILES string of the molecule is CC(C)CCOCCn1cncc1C=O. The molecule has 84 valence electrons. The summed E-state index contributed by atoms with van der Waals surface area (Å²) < 4.78 is 7.25. The van der Waals surface area contributed by atoms with E-state index >= 15 is 0 Å². The lowest BCUT2D eigenvalue weighted by molar-refractivity contribution is 0.108. The van der Waals surface area contributed by atoms with Gasteiger partial charge in [0, 0.05) is 13.2 Å². The van der Waals surface area contributed by atoms with Crippen molar-refractivity contribution < 1.29 is 9.53 Å². The Kier molecular flexibility index (Phi) is 5.04. The van der Waals surface area contributed by atoms with Gasteiger partial charge in [-0.3, -0.25) is 4.79 Å². The summed E-state index contributed by atoms with van der Waals surface area (Å²) in [5.74, 6) is 0.670. The highest BCUT2D eigenvalue weighted by Crippen LogP contribution is 2.00. The zero-order valence-electron chi connectivity index (χ0n) is 9.35. The summed E-state index contributed by atoms with van der Waals surface area (Å²) >= 11 is 0. The summed E-state index contributed by atoms with van der Waals surface area (Å²) in [6.07, 6.45) is 5.09. The Morgan fingerprint density at radius 1 is 1.53 bits per heavy atom. The number of ether oxygens (including phenoxy) is 1. The van der Waals surface area contributed by atoms with Crippen LogP contribution in [0.25, 0.3) is 0 Å². The molecule has 0 aliphatic carbocycles. The molecular weight excluding hydrogens is 192 g/mol. The molecule has 0 atom stereocenters. The third kappa shape index (κ3) is 4.25. The number of aldehydes is 1. The van der Waals surface area contributed by atoms with E-state index in [1.807, 2.05) is 0 Å². The second kappa shape index (κ2) is 6.35. The lowest BCUT2D eigenvalue weighted by Gasteiger charge is -2.07. The second-order valence-electron chi connectivity index (χ2n) is 3.92. The van der Waals surface area contributed by atoms with Gasteiger partial charge in [-0.1, -0.05) is 13.8 Å². The van der Waals surface area contributed by atoms with Crippen molar-refractivity contribution in [2.45, 2.75) is 26.8 Å². The molecule has 0 amide bonds. The van der Waals surface area contributed by atoms with Crippen molar-refractivity contribution in [2.75, 3.05) is 13.2 Å². The minimum absolute atomic E-state index is 0.599. The maximum absolute atomic E-state index is 10.6. The van der Waals surface area contributed by atoms with E-state index in [-0.39, 0.29) is 0 Å². The normalized spacial score (nSPS) is 10.9. The first-order chi connectivity index (χ1) is 7.24. The Morgan fingerprint density at radius 3 is 3.00 bits per heavy atom. The molecule has 1 rings (SSSR count). The molecule has 0 aliphatic heterocycles. The van der Waals surface area contributed by atoms with Crippen LogP contribution in [0.15, 0.2) is 12.5 Å². The zero-order valence-corrected chi connectivity index (χ0v) is 9.35. The average molecular weight is 210 g/mol. The number of carbonyl (C=O) groups is 1. The molecule has 1 aromatic rings. The topological polar surface area (TPSA) is 44.1 Å². The van der Waals surface area contributed by atoms with Crippen molar-refractivity contribution in [1.29, 1.82) is 0 Å².